The van der Waals surface area contributed by atoms with Gasteiger partial charge in [0.2, 0.25) is 0 Å². The van der Waals surface area contributed by atoms with E-state index in [2.05, 4.69) is 11.9 Å². The number of anilines is 1. The van der Waals surface area contributed by atoms with Crippen LogP contribution in [0.2, 0.25) is 0 Å². The van der Waals surface area contributed by atoms with Gasteiger partial charge < -0.3 is 9.64 Å². The zero-order valence-electron chi connectivity index (χ0n) is 11.7. The predicted octanol–water partition coefficient (Wildman–Crippen LogP) is 2.62. The van der Waals surface area contributed by atoms with Crippen molar-refractivity contribution in [1.82, 2.24) is 4.98 Å². The normalized spacial score (nSPS) is 22.1. The Morgan fingerprint density at radius 3 is 2.95 bits per heavy atom. The number of nitrogens with zero attached hydrogens (tertiary/aromatic N) is 2. The summed E-state index contributed by atoms with van der Waals surface area (Å²) < 4.78 is 5.57. The van der Waals surface area contributed by atoms with Crippen LogP contribution >= 0.6 is 0 Å². The Kier molecular flexibility index (Phi) is 3.40. The number of carbonyl (C=O) groups excluding carboxylic acids is 1. The number of benzene rings is 1. The van der Waals surface area contributed by atoms with E-state index in [1.54, 1.807) is 18.1 Å². The summed E-state index contributed by atoms with van der Waals surface area (Å²) in [5.74, 6) is 0.296. The lowest BCUT2D eigenvalue weighted by molar-refractivity contribution is -0.128. The smallest absolute Gasteiger partial charge is 0.256 e. The molecule has 4 heteroatoms. The van der Waals surface area contributed by atoms with Crippen molar-refractivity contribution in [2.45, 2.75) is 19.4 Å². The summed E-state index contributed by atoms with van der Waals surface area (Å²) in [6, 6.07) is 9.69. The molecule has 1 aromatic carbocycles. The molecule has 1 aliphatic heterocycles. The van der Waals surface area contributed by atoms with Crippen molar-refractivity contribution in [3.8, 4) is 0 Å². The standard InChI is InChI=1S/C16H18N2O2/c1-11-8-10-20-15(11)16(19)18(2)14-7-3-6-13-12(14)5-4-9-17-13/h3-7,9,11,15H,8,10H2,1-2H3. The van der Waals surface area contributed by atoms with Crippen molar-refractivity contribution in [1.29, 1.82) is 0 Å². The van der Waals surface area contributed by atoms with Gasteiger partial charge in [-0.3, -0.25) is 9.78 Å². The molecule has 0 spiro atoms. The molecule has 2 unspecified atom stereocenters. The van der Waals surface area contributed by atoms with Gasteiger partial charge >= 0.3 is 0 Å². The van der Waals surface area contributed by atoms with Gasteiger partial charge in [-0.2, -0.15) is 0 Å². The highest BCUT2D eigenvalue weighted by molar-refractivity contribution is 6.04. The van der Waals surface area contributed by atoms with E-state index in [0.29, 0.717) is 6.61 Å². The van der Waals surface area contributed by atoms with Crippen LogP contribution in [0.3, 0.4) is 0 Å². The molecule has 4 nitrogen and oxygen atoms in total. The fourth-order valence-corrected chi connectivity index (χ4v) is 2.70. The van der Waals surface area contributed by atoms with Crippen LogP contribution in [0.1, 0.15) is 13.3 Å². The fourth-order valence-electron chi connectivity index (χ4n) is 2.70. The lowest BCUT2D eigenvalue weighted by Crippen LogP contribution is -2.38. The van der Waals surface area contributed by atoms with Crippen molar-refractivity contribution in [3.05, 3.63) is 36.5 Å². The zero-order chi connectivity index (χ0) is 14.1. The van der Waals surface area contributed by atoms with Crippen LogP contribution in [0.4, 0.5) is 5.69 Å². The van der Waals surface area contributed by atoms with Crippen LogP contribution in [0, 0.1) is 5.92 Å². The van der Waals surface area contributed by atoms with E-state index >= 15 is 0 Å². The van der Waals surface area contributed by atoms with Gasteiger partial charge in [-0.05, 0) is 36.6 Å². The van der Waals surface area contributed by atoms with Crippen LogP contribution in [-0.4, -0.2) is 30.6 Å². The molecular weight excluding hydrogens is 252 g/mol. The third kappa shape index (κ3) is 2.16. The maximum atomic E-state index is 12.6. The molecule has 1 aromatic heterocycles. The van der Waals surface area contributed by atoms with E-state index in [0.717, 1.165) is 23.0 Å². The zero-order valence-corrected chi connectivity index (χ0v) is 11.7. The van der Waals surface area contributed by atoms with E-state index in [1.807, 2.05) is 30.3 Å². The fraction of sp³-hybridized carbons (Fsp3) is 0.375. The molecule has 1 amide bonds. The minimum Gasteiger partial charge on any atom is -0.368 e. The topological polar surface area (TPSA) is 42.4 Å². The molecule has 3 rings (SSSR count). The van der Waals surface area contributed by atoms with E-state index in [9.17, 15) is 4.79 Å². The third-order valence-electron chi connectivity index (χ3n) is 3.95. The molecule has 104 valence electrons. The molecule has 2 atom stereocenters. The molecule has 2 heterocycles. The molecule has 0 N–H and O–H groups in total. The van der Waals surface area contributed by atoms with Crippen molar-refractivity contribution < 1.29 is 9.53 Å². The highest BCUT2D eigenvalue weighted by Gasteiger charge is 2.33. The number of hydrogen-bond donors (Lipinski definition) is 0. The molecular formula is C16H18N2O2. The Labute approximate surface area is 118 Å². The van der Waals surface area contributed by atoms with Gasteiger partial charge in [0.05, 0.1) is 11.2 Å². The third-order valence-corrected chi connectivity index (χ3v) is 3.95. The summed E-state index contributed by atoms with van der Waals surface area (Å²) in [5.41, 5.74) is 1.77. The first-order chi connectivity index (χ1) is 9.68. The van der Waals surface area contributed by atoms with Gasteiger partial charge in [-0.25, -0.2) is 0 Å². The summed E-state index contributed by atoms with van der Waals surface area (Å²) >= 11 is 0. The van der Waals surface area contributed by atoms with E-state index in [4.69, 9.17) is 4.74 Å². The van der Waals surface area contributed by atoms with E-state index in [1.165, 1.54) is 0 Å². The molecule has 20 heavy (non-hydrogen) atoms. The number of carbonyl (C=O) groups is 1. The first-order valence-corrected chi connectivity index (χ1v) is 6.91. The number of ether oxygens (including phenoxy) is 1. The SMILES string of the molecule is CC1CCOC1C(=O)N(C)c1cccc2ncccc12. The second kappa shape index (κ2) is 5.21. The van der Waals surface area contributed by atoms with Crippen LogP contribution in [0.5, 0.6) is 0 Å². The van der Waals surface area contributed by atoms with Crippen molar-refractivity contribution >= 4 is 22.5 Å². The number of hydrogen-bond acceptors (Lipinski definition) is 3. The molecule has 1 saturated heterocycles. The van der Waals surface area contributed by atoms with Crippen LogP contribution in [-0.2, 0) is 9.53 Å². The Hall–Kier alpha value is -1.94. The molecule has 0 radical (unpaired) electrons. The van der Waals surface area contributed by atoms with Crippen LogP contribution in [0.25, 0.3) is 10.9 Å². The Bertz CT molecular complexity index is 636. The number of aromatic nitrogens is 1. The molecule has 1 fully saturated rings. The average molecular weight is 270 g/mol. The number of fused-ring (bicyclic) bond motifs is 1. The maximum Gasteiger partial charge on any atom is 0.256 e. The van der Waals surface area contributed by atoms with Gasteiger partial charge in [0, 0.05) is 25.2 Å². The Morgan fingerprint density at radius 1 is 1.35 bits per heavy atom. The van der Waals surface area contributed by atoms with Gasteiger partial charge in [-0.1, -0.05) is 13.0 Å². The summed E-state index contributed by atoms with van der Waals surface area (Å²) in [7, 11) is 1.80. The number of likely N-dealkylation sites (N-methyl/N-ethyl adjacent to an activating group) is 1. The van der Waals surface area contributed by atoms with E-state index in [-0.39, 0.29) is 17.9 Å². The number of pyridine rings is 1. The number of amides is 1. The predicted molar refractivity (Wildman–Crippen MR) is 78.7 cm³/mol. The minimum atomic E-state index is -0.327. The van der Waals surface area contributed by atoms with Crippen molar-refractivity contribution in [2.24, 2.45) is 5.92 Å². The highest BCUT2D eigenvalue weighted by Crippen LogP contribution is 2.28. The van der Waals surface area contributed by atoms with E-state index < -0.39 is 0 Å². The van der Waals surface area contributed by atoms with Gasteiger partial charge in [0.1, 0.15) is 6.10 Å². The molecule has 0 aliphatic carbocycles. The number of rotatable bonds is 2. The maximum absolute atomic E-state index is 12.6. The molecule has 1 aliphatic rings. The molecule has 0 saturated carbocycles. The van der Waals surface area contributed by atoms with Crippen molar-refractivity contribution in [2.75, 3.05) is 18.6 Å². The lowest BCUT2D eigenvalue weighted by Gasteiger charge is -2.24. The van der Waals surface area contributed by atoms with Crippen LogP contribution in [0.15, 0.2) is 36.5 Å². The second-order valence-electron chi connectivity index (χ2n) is 5.30. The molecule has 0 bridgehead atoms. The molecule has 2 aromatic rings. The largest absolute Gasteiger partial charge is 0.368 e. The first kappa shape index (κ1) is 13.1. The second-order valence-corrected chi connectivity index (χ2v) is 5.30. The summed E-state index contributed by atoms with van der Waals surface area (Å²) in [5, 5.41) is 0.983. The lowest BCUT2D eigenvalue weighted by atomic mass is 10.0. The summed E-state index contributed by atoms with van der Waals surface area (Å²) in [4.78, 5) is 18.6. The monoisotopic (exact) mass is 270 g/mol. The van der Waals surface area contributed by atoms with Gasteiger partial charge in [-0.15, -0.1) is 0 Å². The van der Waals surface area contributed by atoms with Crippen LogP contribution < -0.4 is 4.90 Å². The minimum absolute atomic E-state index is 0.0198. The summed E-state index contributed by atoms with van der Waals surface area (Å²) in [6.07, 6.45) is 2.38. The van der Waals surface area contributed by atoms with Gasteiger partial charge in [0.15, 0.2) is 0 Å². The highest BCUT2D eigenvalue weighted by atomic mass is 16.5. The van der Waals surface area contributed by atoms with Crippen molar-refractivity contribution in [3.63, 3.8) is 0 Å². The quantitative estimate of drug-likeness (QED) is 0.842. The van der Waals surface area contributed by atoms with Gasteiger partial charge in [0.25, 0.3) is 5.91 Å². The Morgan fingerprint density at radius 2 is 2.20 bits per heavy atom. The average Bonchev–Trinajstić information content (AvgIpc) is 2.91. The first-order valence-electron chi connectivity index (χ1n) is 6.91. The Balaban J connectivity index is 1.96. The summed E-state index contributed by atoms with van der Waals surface area (Å²) in [6.45, 7) is 2.73.